The van der Waals surface area contributed by atoms with Crippen molar-refractivity contribution in [2.24, 2.45) is 7.05 Å². The highest BCUT2D eigenvalue weighted by Gasteiger charge is 2.23. The quantitative estimate of drug-likeness (QED) is 0.772. The molecule has 0 aliphatic heterocycles. The second-order valence-electron chi connectivity index (χ2n) is 4.56. The van der Waals surface area contributed by atoms with Crippen LogP contribution >= 0.6 is 0 Å². The number of hydrogen-bond acceptors (Lipinski definition) is 3. The van der Waals surface area contributed by atoms with Gasteiger partial charge in [0.25, 0.3) is 0 Å². The molecule has 1 aliphatic rings. The van der Waals surface area contributed by atoms with Gasteiger partial charge in [0.15, 0.2) is 0 Å². The predicted octanol–water partition coefficient (Wildman–Crippen LogP) is 2.19. The lowest BCUT2D eigenvalue weighted by Crippen LogP contribution is -2.07. The molecule has 0 bridgehead atoms. The molecule has 0 N–H and O–H groups in total. The molecular weight excluding hydrogens is 228 g/mol. The van der Waals surface area contributed by atoms with Crippen LogP contribution < -0.4 is 4.74 Å². The Morgan fingerprint density at radius 3 is 2.94 bits per heavy atom. The Morgan fingerprint density at radius 2 is 2.28 bits per heavy atom. The lowest BCUT2D eigenvalue weighted by Gasteiger charge is -2.06. The predicted molar refractivity (Wildman–Crippen MR) is 66.7 cm³/mol. The summed E-state index contributed by atoms with van der Waals surface area (Å²) in [6.45, 7) is 0. The van der Waals surface area contributed by atoms with E-state index in [0.29, 0.717) is 17.4 Å². The van der Waals surface area contributed by atoms with Crippen LogP contribution in [-0.4, -0.2) is 21.4 Å². The number of carbonyl (C=O) groups excluding carboxylic acids is 1. The lowest BCUT2D eigenvalue weighted by atomic mass is 10.1. The highest BCUT2D eigenvalue weighted by molar-refractivity contribution is 6.07. The summed E-state index contributed by atoms with van der Waals surface area (Å²) in [5.41, 5.74) is 1.22. The zero-order valence-corrected chi connectivity index (χ0v) is 10.2. The van der Waals surface area contributed by atoms with Crippen molar-refractivity contribution in [2.75, 3.05) is 0 Å². The van der Waals surface area contributed by atoms with Gasteiger partial charge in [-0.15, -0.1) is 0 Å². The molecule has 4 nitrogen and oxygen atoms in total. The number of nitrogens with zero attached hydrogens (tertiary/aromatic N) is 2. The van der Waals surface area contributed by atoms with Gasteiger partial charge in [-0.05, 0) is 25.0 Å². The number of aromatic nitrogens is 2. The van der Waals surface area contributed by atoms with E-state index in [-0.39, 0.29) is 5.78 Å². The second-order valence-corrected chi connectivity index (χ2v) is 4.56. The average Bonchev–Trinajstić information content (AvgIpc) is 3.08. The summed E-state index contributed by atoms with van der Waals surface area (Å²) >= 11 is 0. The first kappa shape index (κ1) is 11.0. The molecule has 0 saturated heterocycles. The molecule has 3 rings (SSSR count). The number of hydrogen-bond donors (Lipinski definition) is 0. The Hall–Kier alpha value is -2.10. The van der Waals surface area contributed by atoms with E-state index in [1.165, 1.54) is 0 Å². The zero-order chi connectivity index (χ0) is 12.5. The van der Waals surface area contributed by atoms with Crippen LogP contribution in [0.3, 0.4) is 0 Å². The second kappa shape index (κ2) is 4.29. The lowest BCUT2D eigenvalue weighted by molar-refractivity contribution is 0.103. The fourth-order valence-corrected chi connectivity index (χ4v) is 1.81. The minimum absolute atomic E-state index is 0.0313. The van der Waals surface area contributed by atoms with Gasteiger partial charge >= 0.3 is 0 Å². The summed E-state index contributed by atoms with van der Waals surface area (Å²) in [4.78, 5) is 16.2. The third-order valence-corrected chi connectivity index (χ3v) is 2.97. The van der Waals surface area contributed by atoms with Crippen LogP contribution in [0, 0.1) is 0 Å². The highest BCUT2D eigenvalue weighted by atomic mass is 16.5. The molecule has 4 heteroatoms. The van der Waals surface area contributed by atoms with Gasteiger partial charge in [0.2, 0.25) is 5.78 Å². The molecule has 0 radical (unpaired) electrons. The van der Waals surface area contributed by atoms with Gasteiger partial charge in [-0.25, -0.2) is 4.98 Å². The van der Waals surface area contributed by atoms with Gasteiger partial charge < -0.3 is 9.30 Å². The Balaban J connectivity index is 1.87. The smallest absolute Gasteiger partial charge is 0.211 e. The molecule has 2 aromatic rings. The van der Waals surface area contributed by atoms with Gasteiger partial charge in [0.1, 0.15) is 11.4 Å². The third-order valence-electron chi connectivity index (χ3n) is 2.97. The Kier molecular flexibility index (Phi) is 2.63. The van der Waals surface area contributed by atoms with Crippen LogP contribution in [0.25, 0.3) is 0 Å². The number of carbonyl (C=O) groups is 1. The third kappa shape index (κ3) is 2.14. The van der Waals surface area contributed by atoms with E-state index in [1.807, 2.05) is 19.2 Å². The number of rotatable bonds is 4. The topological polar surface area (TPSA) is 44.1 Å². The number of benzene rings is 1. The molecule has 0 amide bonds. The van der Waals surface area contributed by atoms with Gasteiger partial charge in [-0.1, -0.05) is 12.1 Å². The summed E-state index contributed by atoms with van der Waals surface area (Å²) in [6.07, 6.45) is 5.76. The molecular formula is C14H14N2O2. The maximum absolute atomic E-state index is 12.3. The van der Waals surface area contributed by atoms with Crippen LogP contribution in [0.15, 0.2) is 36.8 Å². The minimum atomic E-state index is -0.0313. The van der Waals surface area contributed by atoms with E-state index in [9.17, 15) is 4.79 Å². The maximum Gasteiger partial charge on any atom is 0.211 e. The molecule has 0 spiro atoms. The van der Waals surface area contributed by atoms with Crippen molar-refractivity contribution in [1.29, 1.82) is 0 Å². The van der Waals surface area contributed by atoms with Crippen molar-refractivity contribution in [2.45, 2.75) is 18.9 Å². The first-order valence-electron chi connectivity index (χ1n) is 6.02. The fourth-order valence-electron chi connectivity index (χ4n) is 1.81. The van der Waals surface area contributed by atoms with E-state index in [2.05, 4.69) is 4.98 Å². The minimum Gasteiger partial charge on any atom is -0.490 e. The molecule has 1 fully saturated rings. The molecule has 1 saturated carbocycles. The Morgan fingerprint density at radius 1 is 1.44 bits per heavy atom. The van der Waals surface area contributed by atoms with Crippen molar-refractivity contribution in [3.05, 3.63) is 48.0 Å². The van der Waals surface area contributed by atoms with Crippen molar-refractivity contribution < 1.29 is 9.53 Å². The average molecular weight is 242 g/mol. The van der Waals surface area contributed by atoms with Gasteiger partial charge in [-0.3, -0.25) is 4.79 Å². The molecule has 0 atom stereocenters. The first-order chi connectivity index (χ1) is 8.74. The van der Waals surface area contributed by atoms with Crippen molar-refractivity contribution in [3.8, 4) is 5.75 Å². The van der Waals surface area contributed by atoms with Crippen LogP contribution in [0.4, 0.5) is 0 Å². The number of ketones is 1. The normalized spacial score (nSPS) is 14.5. The Labute approximate surface area is 105 Å². The SMILES string of the molecule is Cn1cncc1C(=O)c1cccc(OC2CC2)c1. The summed E-state index contributed by atoms with van der Waals surface area (Å²) < 4.78 is 7.41. The summed E-state index contributed by atoms with van der Waals surface area (Å²) in [5.74, 6) is 0.738. The van der Waals surface area contributed by atoms with Crippen molar-refractivity contribution >= 4 is 5.78 Å². The molecule has 0 unspecified atom stereocenters. The van der Waals surface area contributed by atoms with E-state index < -0.39 is 0 Å². The summed E-state index contributed by atoms with van der Waals surface area (Å²) in [6, 6.07) is 7.34. The van der Waals surface area contributed by atoms with Gasteiger partial charge in [-0.2, -0.15) is 0 Å². The number of aryl methyl sites for hydroxylation is 1. The van der Waals surface area contributed by atoms with Crippen molar-refractivity contribution in [3.63, 3.8) is 0 Å². The molecule has 92 valence electrons. The Bertz CT molecular complexity index is 585. The first-order valence-corrected chi connectivity index (χ1v) is 6.02. The number of imidazole rings is 1. The molecule has 1 aliphatic carbocycles. The highest BCUT2D eigenvalue weighted by Crippen LogP contribution is 2.27. The van der Waals surface area contributed by atoms with Crippen LogP contribution in [0.2, 0.25) is 0 Å². The van der Waals surface area contributed by atoms with E-state index >= 15 is 0 Å². The monoisotopic (exact) mass is 242 g/mol. The summed E-state index contributed by atoms with van der Waals surface area (Å²) in [5, 5.41) is 0. The van der Waals surface area contributed by atoms with E-state index in [0.717, 1.165) is 18.6 Å². The van der Waals surface area contributed by atoms with Gasteiger partial charge in [0, 0.05) is 12.6 Å². The standard InChI is InChI=1S/C14H14N2O2/c1-16-9-15-8-13(16)14(17)10-3-2-4-12(7-10)18-11-5-6-11/h2-4,7-9,11H,5-6H2,1H3. The van der Waals surface area contributed by atoms with Crippen LogP contribution in [0.1, 0.15) is 28.9 Å². The van der Waals surface area contributed by atoms with Crippen molar-refractivity contribution in [1.82, 2.24) is 9.55 Å². The molecule has 1 aromatic carbocycles. The summed E-state index contributed by atoms with van der Waals surface area (Å²) in [7, 11) is 1.81. The van der Waals surface area contributed by atoms with Crippen LogP contribution in [0.5, 0.6) is 5.75 Å². The largest absolute Gasteiger partial charge is 0.490 e. The van der Waals surface area contributed by atoms with Crippen LogP contribution in [-0.2, 0) is 7.05 Å². The number of ether oxygens (including phenoxy) is 1. The van der Waals surface area contributed by atoms with E-state index in [1.54, 1.807) is 29.2 Å². The zero-order valence-electron chi connectivity index (χ0n) is 10.2. The molecule has 18 heavy (non-hydrogen) atoms. The fraction of sp³-hybridized carbons (Fsp3) is 0.286. The molecule has 1 aromatic heterocycles. The van der Waals surface area contributed by atoms with E-state index in [4.69, 9.17) is 4.74 Å². The maximum atomic E-state index is 12.3. The molecule has 1 heterocycles. The van der Waals surface area contributed by atoms with Gasteiger partial charge in [0.05, 0.1) is 18.6 Å².